The molecule has 0 aromatic heterocycles. The van der Waals surface area contributed by atoms with Crippen molar-refractivity contribution < 1.29 is 28.3 Å². The number of carbonyl (C=O) groups excluding carboxylic acids is 1. The van der Waals surface area contributed by atoms with E-state index in [9.17, 15) is 19.3 Å². The Balaban J connectivity index is 2.38. The standard InChI is InChI=1S/C15H12FNO6/c1-21-12-5-3-9(16)7-11(12)15(18)23-14-8-10(17(19)20)4-6-13(14)22-2/h3-8H,1-2H3. The topological polar surface area (TPSA) is 87.9 Å². The van der Waals surface area contributed by atoms with Gasteiger partial charge in [0.25, 0.3) is 5.69 Å². The first-order valence-electron chi connectivity index (χ1n) is 6.34. The predicted octanol–water partition coefficient (Wildman–Crippen LogP) is 2.97. The quantitative estimate of drug-likeness (QED) is 0.364. The molecule has 0 amide bonds. The maximum Gasteiger partial charge on any atom is 0.347 e. The molecule has 0 spiro atoms. The minimum atomic E-state index is -0.930. The molecule has 2 rings (SSSR count). The third kappa shape index (κ3) is 3.54. The minimum absolute atomic E-state index is 0.112. The lowest BCUT2D eigenvalue weighted by molar-refractivity contribution is -0.384. The molecule has 2 aromatic carbocycles. The zero-order valence-electron chi connectivity index (χ0n) is 12.2. The van der Waals surface area contributed by atoms with E-state index in [0.717, 1.165) is 18.2 Å². The molecule has 2 aromatic rings. The molecular weight excluding hydrogens is 309 g/mol. The number of hydrogen-bond donors (Lipinski definition) is 0. The molecule has 0 N–H and O–H groups in total. The first-order valence-corrected chi connectivity index (χ1v) is 6.34. The first kappa shape index (κ1) is 16.2. The molecule has 120 valence electrons. The van der Waals surface area contributed by atoms with E-state index in [1.54, 1.807) is 0 Å². The number of esters is 1. The number of nitrogens with zero attached hydrogens (tertiary/aromatic N) is 1. The number of methoxy groups -OCH3 is 2. The molecule has 0 aliphatic heterocycles. The molecule has 0 radical (unpaired) electrons. The number of nitro groups is 1. The van der Waals surface area contributed by atoms with Gasteiger partial charge in [-0.25, -0.2) is 9.18 Å². The Bertz CT molecular complexity index is 762. The second-order valence-corrected chi connectivity index (χ2v) is 4.33. The number of ether oxygens (including phenoxy) is 3. The maximum absolute atomic E-state index is 13.3. The summed E-state index contributed by atoms with van der Waals surface area (Å²) in [6.07, 6.45) is 0. The normalized spacial score (nSPS) is 10.0. The third-order valence-corrected chi connectivity index (χ3v) is 2.94. The van der Waals surface area contributed by atoms with Gasteiger partial charge in [0.1, 0.15) is 17.1 Å². The van der Waals surface area contributed by atoms with Crippen LogP contribution in [0.1, 0.15) is 10.4 Å². The molecular formula is C15H12FNO6. The van der Waals surface area contributed by atoms with Gasteiger partial charge in [-0.15, -0.1) is 0 Å². The van der Waals surface area contributed by atoms with Crippen molar-refractivity contribution in [1.29, 1.82) is 0 Å². The summed E-state index contributed by atoms with van der Waals surface area (Å²) in [5.41, 5.74) is -0.430. The molecule has 8 heteroatoms. The monoisotopic (exact) mass is 321 g/mol. The van der Waals surface area contributed by atoms with Crippen LogP contribution in [0.5, 0.6) is 17.2 Å². The summed E-state index contributed by atoms with van der Waals surface area (Å²) in [6.45, 7) is 0. The highest BCUT2D eigenvalue weighted by molar-refractivity contribution is 5.94. The molecule has 0 unspecified atom stereocenters. The number of hydrogen-bond acceptors (Lipinski definition) is 6. The van der Waals surface area contributed by atoms with E-state index in [2.05, 4.69) is 0 Å². The van der Waals surface area contributed by atoms with Gasteiger partial charge in [-0.1, -0.05) is 0 Å². The van der Waals surface area contributed by atoms with Gasteiger partial charge < -0.3 is 14.2 Å². The van der Waals surface area contributed by atoms with E-state index in [4.69, 9.17) is 14.2 Å². The van der Waals surface area contributed by atoms with E-state index in [0.29, 0.717) is 0 Å². The fourth-order valence-corrected chi connectivity index (χ4v) is 1.85. The molecule has 7 nitrogen and oxygen atoms in total. The molecule has 0 saturated heterocycles. The van der Waals surface area contributed by atoms with Crippen molar-refractivity contribution in [1.82, 2.24) is 0 Å². The molecule has 0 aliphatic rings. The average Bonchev–Trinajstić information content (AvgIpc) is 2.54. The Hall–Kier alpha value is -3.16. The van der Waals surface area contributed by atoms with Crippen LogP contribution in [0.2, 0.25) is 0 Å². The van der Waals surface area contributed by atoms with Gasteiger partial charge in [-0.3, -0.25) is 10.1 Å². The van der Waals surface area contributed by atoms with Crippen molar-refractivity contribution in [2.75, 3.05) is 14.2 Å². The highest BCUT2D eigenvalue weighted by Gasteiger charge is 2.20. The van der Waals surface area contributed by atoms with E-state index in [-0.39, 0.29) is 28.5 Å². The van der Waals surface area contributed by atoms with E-state index in [1.807, 2.05) is 0 Å². The van der Waals surface area contributed by atoms with E-state index >= 15 is 0 Å². The van der Waals surface area contributed by atoms with Crippen molar-refractivity contribution in [2.24, 2.45) is 0 Å². The molecule has 0 bridgehead atoms. The van der Waals surface area contributed by atoms with Gasteiger partial charge in [-0.2, -0.15) is 0 Å². The molecule has 0 atom stereocenters. The summed E-state index contributed by atoms with van der Waals surface area (Å²) in [7, 11) is 2.64. The maximum atomic E-state index is 13.3. The zero-order valence-corrected chi connectivity index (χ0v) is 12.2. The highest BCUT2D eigenvalue weighted by atomic mass is 19.1. The van der Waals surface area contributed by atoms with Crippen LogP contribution in [0.3, 0.4) is 0 Å². The SMILES string of the molecule is COc1ccc([N+](=O)[O-])cc1OC(=O)c1cc(F)ccc1OC. The van der Waals surface area contributed by atoms with Crippen LogP contribution in [0.15, 0.2) is 36.4 Å². The first-order chi connectivity index (χ1) is 11.0. The Morgan fingerprint density at radius 2 is 1.70 bits per heavy atom. The number of carbonyl (C=O) groups is 1. The van der Waals surface area contributed by atoms with Crippen LogP contribution in [0.25, 0.3) is 0 Å². The van der Waals surface area contributed by atoms with Crippen molar-refractivity contribution in [3.63, 3.8) is 0 Å². The largest absolute Gasteiger partial charge is 0.496 e. The predicted molar refractivity (Wildman–Crippen MR) is 77.6 cm³/mol. The molecule has 0 heterocycles. The fourth-order valence-electron chi connectivity index (χ4n) is 1.85. The Labute approximate surface area is 130 Å². The fraction of sp³-hybridized carbons (Fsp3) is 0.133. The number of nitro benzene ring substituents is 1. The summed E-state index contributed by atoms with van der Waals surface area (Å²) in [5, 5.41) is 10.8. The Kier molecular flexibility index (Phi) is 4.75. The van der Waals surface area contributed by atoms with Crippen molar-refractivity contribution >= 4 is 11.7 Å². The van der Waals surface area contributed by atoms with Crippen molar-refractivity contribution in [3.8, 4) is 17.2 Å². The zero-order chi connectivity index (χ0) is 17.0. The van der Waals surface area contributed by atoms with Crippen LogP contribution < -0.4 is 14.2 Å². The number of non-ortho nitro benzene ring substituents is 1. The molecule has 0 saturated carbocycles. The summed E-state index contributed by atoms with van der Waals surface area (Å²) >= 11 is 0. The number of rotatable bonds is 5. The number of halogens is 1. The summed E-state index contributed by atoms with van der Waals surface area (Å²) in [4.78, 5) is 22.4. The van der Waals surface area contributed by atoms with Gasteiger partial charge in [0.05, 0.1) is 25.2 Å². The second kappa shape index (κ2) is 6.73. The van der Waals surface area contributed by atoms with Crippen LogP contribution in [0.4, 0.5) is 10.1 Å². The van der Waals surface area contributed by atoms with Gasteiger partial charge in [0.2, 0.25) is 0 Å². The van der Waals surface area contributed by atoms with Gasteiger partial charge in [-0.05, 0) is 24.3 Å². The highest BCUT2D eigenvalue weighted by Crippen LogP contribution is 2.32. The lowest BCUT2D eigenvalue weighted by Crippen LogP contribution is -2.11. The third-order valence-electron chi connectivity index (χ3n) is 2.94. The summed E-state index contributed by atoms with van der Waals surface area (Å²) < 4.78 is 28.4. The lowest BCUT2D eigenvalue weighted by atomic mass is 10.2. The smallest absolute Gasteiger partial charge is 0.347 e. The van der Waals surface area contributed by atoms with E-state index < -0.39 is 16.7 Å². The van der Waals surface area contributed by atoms with Gasteiger partial charge in [0.15, 0.2) is 11.5 Å². The van der Waals surface area contributed by atoms with E-state index in [1.165, 1.54) is 32.4 Å². The van der Waals surface area contributed by atoms with Crippen molar-refractivity contribution in [3.05, 3.63) is 57.9 Å². The average molecular weight is 321 g/mol. The molecule has 23 heavy (non-hydrogen) atoms. The Morgan fingerprint density at radius 3 is 2.30 bits per heavy atom. The van der Waals surface area contributed by atoms with Crippen LogP contribution >= 0.6 is 0 Å². The summed E-state index contributed by atoms with van der Waals surface area (Å²) in [5.74, 6) is -1.50. The van der Waals surface area contributed by atoms with Gasteiger partial charge in [0, 0.05) is 6.07 Å². The van der Waals surface area contributed by atoms with Crippen LogP contribution in [-0.4, -0.2) is 25.1 Å². The number of benzene rings is 2. The van der Waals surface area contributed by atoms with Crippen LogP contribution in [-0.2, 0) is 0 Å². The lowest BCUT2D eigenvalue weighted by Gasteiger charge is -2.11. The summed E-state index contributed by atoms with van der Waals surface area (Å²) in [6, 6.07) is 6.90. The molecule has 0 fully saturated rings. The Morgan fingerprint density at radius 1 is 1.04 bits per heavy atom. The van der Waals surface area contributed by atoms with Gasteiger partial charge >= 0.3 is 5.97 Å². The second-order valence-electron chi connectivity index (χ2n) is 4.33. The minimum Gasteiger partial charge on any atom is -0.496 e. The van der Waals surface area contributed by atoms with Crippen molar-refractivity contribution in [2.45, 2.75) is 0 Å². The molecule has 0 aliphatic carbocycles. The van der Waals surface area contributed by atoms with Crippen LogP contribution in [0, 0.1) is 15.9 Å².